The first-order valence-electron chi connectivity index (χ1n) is 9.35. The van der Waals surface area contributed by atoms with Crippen LogP contribution in [0.4, 0.5) is 0 Å². The van der Waals surface area contributed by atoms with Crippen LogP contribution in [0.1, 0.15) is 84.3 Å². The summed E-state index contributed by atoms with van der Waals surface area (Å²) in [5.74, 6) is 0. The van der Waals surface area contributed by atoms with E-state index in [9.17, 15) is 0 Å². The van der Waals surface area contributed by atoms with Crippen molar-refractivity contribution in [2.45, 2.75) is 88.9 Å². The zero-order valence-electron chi connectivity index (χ0n) is 15.3. The molecule has 2 aromatic rings. The van der Waals surface area contributed by atoms with E-state index in [2.05, 4.69) is 43.3 Å². The molecule has 0 saturated carbocycles. The monoisotopic (exact) mass is 440 g/mol. The van der Waals surface area contributed by atoms with Crippen LogP contribution in [-0.4, -0.2) is 30.5 Å². The van der Waals surface area contributed by atoms with Gasteiger partial charge in [-0.3, -0.25) is 0 Å². The van der Waals surface area contributed by atoms with Gasteiger partial charge in [0.05, 0.1) is 0 Å². The fraction of sp³-hybridized carbons (Fsp3) is 0.737. The van der Waals surface area contributed by atoms with E-state index in [0.29, 0.717) is 3.43 Å². The molecule has 0 N–H and O–H groups in total. The Bertz CT molecular complexity index is 565. The number of imidazole rings is 1. The van der Waals surface area contributed by atoms with Crippen LogP contribution in [0.3, 0.4) is 0 Å². The van der Waals surface area contributed by atoms with Gasteiger partial charge in [-0.15, -0.1) is 0 Å². The third-order valence-corrected chi connectivity index (χ3v) is 12.1. The third kappa shape index (κ3) is 5.22. The van der Waals surface area contributed by atoms with Crippen LogP contribution in [0, 0.1) is 6.92 Å². The summed E-state index contributed by atoms with van der Waals surface area (Å²) in [6.07, 6.45) is 17.1. The van der Waals surface area contributed by atoms with E-state index < -0.39 is 21.1 Å². The molecule has 0 fully saturated rings. The molecule has 0 amide bonds. The first-order valence-corrected chi connectivity index (χ1v) is 13.0. The summed E-state index contributed by atoms with van der Waals surface area (Å²) in [5.41, 5.74) is 1.20. The second-order valence-corrected chi connectivity index (χ2v) is 14.2. The zero-order chi connectivity index (χ0) is 16.7. The predicted molar refractivity (Wildman–Crippen MR) is 104 cm³/mol. The predicted octanol–water partition coefficient (Wildman–Crippen LogP) is 5.76. The van der Waals surface area contributed by atoms with E-state index in [1.807, 2.05) is 17.7 Å². The van der Waals surface area contributed by atoms with Crippen LogP contribution in [0.25, 0.3) is 4.83 Å². The molecule has 0 atom stereocenters. The quantitative estimate of drug-likeness (QED) is 0.407. The Morgan fingerprint density at radius 3 is 2.09 bits per heavy atom. The first-order chi connectivity index (χ1) is 11.1. The summed E-state index contributed by atoms with van der Waals surface area (Å²) in [4.78, 5) is 5.81. The molecular weight excluding hydrogens is 407 g/mol. The molecule has 23 heavy (non-hydrogen) atoms. The molecule has 2 radical (unpaired) electrons. The van der Waals surface area contributed by atoms with Crippen molar-refractivity contribution in [2.75, 3.05) is 0 Å². The number of thiazole rings is 1. The summed E-state index contributed by atoms with van der Waals surface area (Å²) in [6.45, 7) is 9.18. The molecule has 4 heteroatoms. The summed E-state index contributed by atoms with van der Waals surface area (Å²) in [5, 5.41) is 0. The van der Waals surface area contributed by atoms with E-state index in [1.165, 1.54) is 68.3 Å². The number of aromatic nitrogens is 2. The molecule has 0 aliphatic rings. The average Bonchev–Trinajstić information content (AvgIpc) is 3.10. The normalized spacial score (nSPS) is 12.3. The SMILES string of the molecule is CCCC[C](CCCC)(CCCC)[Sn][c]1cn2cnc(C)c2s1. The third-order valence-electron chi connectivity index (χ3n) is 4.80. The number of nitrogens with zero attached hydrogens (tertiary/aromatic N) is 2. The summed E-state index contributed by atoms with van der Waals surface area (Å²) >= 11 is 1.46. The Balaban J connectivity index is 2.21. The fourth-order valence-electron chi connectivity index (χ4n) is 3.35. The van der Waals surface area contributed by atoms with Crippen molar-refractivity contribution in [1.82, 2.24) is 9.38 Å². The molecule has 0 spiro atoms. The van der Waals surface area contributed by atoms with Crippen LogP contribution in [0.15, 0.2) is 12.5 Å². The second-order valence-electron chi connectivity index (χ2n) is 6.85. The molecule has 2 heterocycles. The van der Waals surface area contributed by atoms with E-state index in [4.69, 9.17) is 0 Å². The summed E-state index contributed by atoms with van der Waals surface area (Å²) in [6, 6.07) is 0. The van der Waals surface area contributed by atoms with E-state index >= 15 is 0 Å². The second kappa shape index (κ2) is 9.45. The van der Waals surface area contributed by atoms with Gasteiger partial charge in [0.1, 0.15) is 0 Å². The van der Waals surface area contributed by atoms with Crippen molar-refractivity contribution < 1.29 is 0 Å². The van der Waals surface area contributed by atoms with Gasteiger partial charge in [-0.1, -0.05) is 0 Å². The molecule has 0 aliphatic carbocycles. The van der Waals surface area contributed by atoms with E-state index in [-0.39, 0.29) is 0 Å². The summed E-state index contributed by atoms with van der Waals surface area (Å²) in [7, 11) is 0. The van der Waals surface area contributed by atoms with Gasteiger partial charge in [0.15, 0.2) is 0 Å². The van der Waals surface area contributed by atoms with Crippen molar-refractivity contribution >= 4 is 40.2 Å². The van der Waals surface area contributed by atoms with Gasteiger partial charge in [-0.25, -0.2) is 0 Å². The van der Waals surface area contributed by atoms with Crippen LogP contribution >= 0.6 is 11.3 Å². The van der Waals surface area contributed by atoms with E-state index in [1.54, 1.807) is 2.89 Å². The Labute approximate surface area is 156 Å². The maximum absolute atomic E-state index is 4.43. The number of hydrogen-bond acceptors (Lipinski definition) is 2. The van der Waals surface area contributed by atoms with Crippen LogP contribution in [-0.2, 0) is 0 Å². The van der Waals surface area contributed by atoms with Gasteiger partial charge in [-0.05, 0) is 0 Å². The Morgan fingerprint density at radius 2 is 1.61 bits per heavy atom. The average molecular weight is 439 g/mol. The van der Waals surface area contributed by atoms with Crippen molar-refractivity contribution in [2.24, 2.45) is 0 Å². The van der Waals surface area contributed by atoms with Gasteiger partial charge in [0, 0.05) is 0 Å². The number of aryl methyl sites for hydroxylation is 1. The number of fused-ring (bicyclic) bond motifs is 1. The Morgan fingerprint density at radius 1 is 1.04 bits per heavy atom. The van der Waals surface area contributed by atoms with Gasteiger partial charge in [-0.2, -0.15) is 0 Å². The molecule has 2 nitrogen and oxygen atoms in total. The number of unbranched alkanes of at least 4 members (excludes halogenated alkanes) is 3. The fourth-order valence-corrected chi connectivity index (χ4v) is 11.6. The van der Waals surface area contributed by atoms with Crippen molar-refractivity contribution in [3.8, 4) is 0 Å². The minimum absolute atomic E-state index is 0.578. The number of hydrogen-bond donors (Lipinski definition) is 0. The number of rotatable bonds is 11. The molecule has 128 valence electrons. The first kappa shape index (κ1) is 19.3. The van der Waals surface area contributed by atoms with Crippen molar-refractivity contribution in [1.29, 1.82) is 0 Å². The Kier molecular flexibility index (Phi) is 7.93. The van der Waals surface area contributed by atoms with Crippen LogP contribution in [0.2, 0.25) is 3.43 Å². The zero-order valence-corrected chi connectivity index (χ0v) is 19.0. The molecule has 0 unspecified atom stereocenters. The van der Waals surface area contributed by atoms with Crippen molar-refractivity contribution in [3.05, 3.63) is 18.2 Å². The standard InChI is InChI=1S/C13H27.C6H5N2S.Sn/c1-4-7-10-13(11-8-5-2)12-9-6-3;1-5-6-8(4-7-5)2-3-9-6;/h4-12H2,1-3H3;2,4H,1H3;. The maximum atomic E-state index is 4.43. The van der Waals surface area contributed by atoms with Crippen molar-refractivity contribution in [3.63, 3.8) is 0 Å². The topological polar surface area (TPSA) is 17.3 Å². The van der Waals surface area contributed by atoms with E-state index in [0.717, 1.165) is 0 Å². The molecule has 0 bridgehead atoms. The molecule has 0 saturated heterocycles. The van der Waals surface area contributed by atoms with Gasteiger partial charge in [0.2, 0.25) is 0 Å². The molecule has 2 aromatic heterocycles. The minimum atomic E-state index is -0.578. The molecule has 2 rings (SSSR count). The van der Waals surface area contributed by atoms with Gasteiger partial charge < -0.3 is 0 Å². The van der Waals surface area contributed by atoms with Crippen LogP contribution < -0.4 is 2.89 Å². The van der Waals surface area contributed by atoms with Crippen LogP contribution in [0.5, 0.6) is 0 Å². The van der Waals surface area contributed by atoms with Gasteiger partial charge >= 0.3 is 157 Å². The molecular formula is C19H32N2SSn. The molecule has 0 aromatic carbocycles. The van der Waals surface area contributed by atoms with Gasteiger partial charge in [0.25, 0.3) is 0 Å². The Hall–Kier alpha value is -0.0313. The molecule has 0 aliphatic heterocycles. The summed E-state index contributed by atoms with van der Waals surface area (Å²) < 4.78 is 4.67.